The Bertz CT molecular complexity index is 893. The summed E-state index contributed by atoms with van der Waals surface area (Å²) in [6.45, 7) is 10.6. The lowest BCUT2D eigenvalue weighted by Crippen LogP contribution is -2.35. The molecule has 1 fully saturated rings. The van der Waals surface area contributed by atoms with Crippen LogP contribution in [0.15, 0.2) is 9.95 Å². The van der Waals surface area contributed by atoms with Gasteiger partial charge in [0.2, 0.25) is 5.91 Å². The highest BCUT2D eigenvalue weighted by Crippen LogP contribution is 2.29. The summed E-state index contributed by atoms with van der Waals surface area (Å²) in [5.41, 5.74) is 1.06. The molecule has 1 saturated heterocycles. The number of likely N-dealkylation sites (tertiary alicyclic amines) is 1. The summed E-state index contributed by atoms with van der Waals surface area (Å²) < 4.78 is 1.78. The Balaban J connectivity index is 1.84. The van der Waals surface area contributed by atoms with Crippen LogP contribution in [0.1, 0.15) is 56.4 Å². The van der Waals surface area contributed by atoms with Crippen molar-refractivity contribution in [3.8, 4) is 0 Å². The summed E-state index contributed by atoms with van der Waals surface area (Å²) >= 11 is 2.98. The van der Waals surface area contributed by atoms with Gasteiger partial charge in [-0.2, -0.15) is 0 Å². The molecule has 28 heavy (non-hydrogen) atoms. The molecule has 7 heteroatoms. The van der Waals surface area contributed by atoms with Crippen molar-refractivity contribution in [2.24, 2.45) is 5.92 Å². The number of hydrogen-bond donors (Lipinski definition) is 0. The number of hydrogen-bond acceptors (Lipinski definition) is 5. The van der Waals surface area contributed by atoms with Gasteiger partial charge in [0.15, 0.2) is 5.16 Å². The highest BCUT2D eigenvalue weighted by atomic mass is 32.2. The minimum Gasteiger partial charge on any atom is -0.342 e. The first kappa shape index (κ1) is 21.4. The lowest BCUT2D eigenvalue weighted by molar-refractivity contribution is -0.128. The van der Waals surface area contributed by atoms with Crippen LogP contribution in [0.4, 0.5) is 0 Å². The van der Waals surface area contributed by atoms with Crippen LogP contribution in [0, 0.1) is 19.8 Å². The summed E-state index contributed by atoms with van der Waals surface area (Å²) in [5.74, 6) is 0.844. The van der Waals surface area contributed by atoms with Crippen molar-refractivity contribution in [3.05, 3.63) is 20.8 Å². The van der Waals surface area contributed by atoms with Crippen LogP contribution >= 0.6 is 23.1 Å². The quantitative estimate of drug-likeness (QED) is 0.522. The first-order valence-corrected chi connectivity index (χ1v) is 12.1. The van der Waals surface area contributed by atoms with Crippen molar-refractivity contribution in [1.29, 1.82) is 0 Å². The lowest BCUT2D eigenvalue weighted by atomic mass is 10.1. The van der Waals surface area contributed by atoms with E-state index in [0.717, 1.165) is 46.6 Å². The maximum Gasteiger partial charge on any atom is 0.263 e. The Kier molecular flexibility index (Phi) is 7.20. The normalized spacial score (nSPS) is 15.8. The van der Waals surface area contributed by atoms with E-state index in [9.17, 15) is 9.59 Å². The van der Waals surface area contributed by atoms with Gasteiger partial charge in [-0.15, -0.1) is 11.3 Å². The van der Waals surface area contributed by atoms with E-state index in [-0.39, 0.29) is 11.5 Å². The van der Waals surface area contributed by atoms with Crippen molar-refractivity contribution in [2.75, 3.05) is 18.8 Å². The van der Waals surface area contributed by atoms with E-state index in [1.807, 2.05) is 18.7 Å². The first-order chi connectivity index (χ1) is 13.4. The van der Waals surface area contributed by atoms with Gasteiger partial charge in [-0.25, -0.2) is 4.98 Å². The number of thiophene rings is 1. The third-order valence-electron chi connectivity index (χ3n) is 5.34. The second kappa shape index (κ2) is 9.44. The summed E-state index contributed by atoms with van der Waals surface area (Å²) in [4.78, 5) is 34.7. The number of nitrogens with zero attached hydrogens (tertiary/aromatic N) is 3. The molecule has 1 aliphatic heterocycles. The van der Waals surface area contributed by atoms with E-state index in [1.165, 1.54) is 31.0 Å². The smallest absolute Gasteiger partial charge is 0.263 e. The van der Waals surface area contributed by atoms with Gasteiger partial charge in [0.05, 0.1) is 11.1 Å². The van der Waals surface area contributed by atoms with E-state index in [1.54, 1.807) is 15.9 Å². The monoisotopic (exact) mass is 421 g/mol. The number of aromatic nitrogens is 2. The Hall–Kier alpha value is -1.34. The van der Waals surface area contributed by atoms with Gasteiger partial charge in [-0.1, -0.05) is 44.9 Å². The van der Waals surface area contributed by atoms with Crippen LogP contribution in [0.3, 0.4) is 0 Å². The number of fused-ring (bicyclic) bond motifs is 1. The second-order valence-electron chi connectivity index (χ2n) is 8.10. The lowest BCUT2D eigenvalue weighted by Gasteiger charge is -2.24. The van der Waals surface area contributed by atoms with Crippen LogP contribution in [-0.2, 0) is 11.3 Å². The highest BCUT2D eigenvalue weighted by molar-refractivity contribution is 7.99. The molecule has 1 amide bonds. The maximum absolute atomic E-state index is 13.2. The van der Waals surface area contributed by atoms with Gasteiger partial charge < -0.3 is 4.90 Å². The molecule has 3 heterocycles. The van der Waals surface area contributed by atoms with E-state index in [0.29, 0.717) is 23.4 Å². The number of amides is 1. The van der Waals surface area contributed by atoms with Gasteiger partial charge in [0.25, 0.3) is 5.56 Å². The predicted octanol–water partition coefficient (Wildman–Crippen LogP) is 4.62. The summed E-state index contributed by atoms with van der Waals surface area (Å²) in [6.07, 6.45) is 5.88. The molecule has 0 unspecified atom stereocenters. The fourth-order valence-electron chi connectivity index (χ4n) is 3.66. The molecule has 0 atom stereocenters. The average molecular weight is 422 g/mol. The van der Waals surface area contributed by atoms with Crippen LogP contribution < -0.4 is 5.56 Å². The van der Waals surface area contributed by atoms with E-state index in [2.05, 4.69) is 13.8 Å². The largest absolute Gasteiger partial charge is 0.342 e. The molecular formula is C21H31N3O2S2. The van der Waals surface area contributed by atoms with Crippen LogP contribution in [0.5, 0.6) is 0 Å². The molecule has 0 aromatic carbocycles. The molecule has 1 aliphatic rings. The Morgan fingerprint density at radius 2 is 1.79 bits per heavy atom. The zero-order chi connectivity index (χ0) is 20.3. The van der Waals surface area contributed by atoms with Crippen molar-refractivity contribution in [2.45, 2.75) is 71.5 Å². The highest BCUT2D eigenvalue weighted by Gasteiger charge is 2.20. The first-order valence-electron chi connectivity index (χ1n) is 10.3. The number of carbonyl (C=O) groups is 1. The molecule has 0 radical (unpaired) electrons. The van der Waals surface area contributed by atoms with Crippen LogP contribution in [0.2, 0.25) is 0 Å². The zero-order valence-corrected chi connectivity index (χ0v) is 19.0. The van der Waals surface area contributed by atoms with Crippen molar-refractivity contribution in [1.82, 2.24) is 14.5 Å². The van der Waals surface area contributed by atoms with E-state index >= 15 is 0 Å². The number of thioether (sulfide) groups is 1. The SMILES string of the molecule is Cc1sc2nc(SCC(=O)N3CCCCCCC3)n(CC(C)C)c(=O)c2c1C. The molecule has 0 bridgehead atoms. The van der Waals surface area contributed by atoms with E-state index < -0.39 is 0 Å². The van der Waals surface area contributed by atoms with E-state index in [4.69, 9.17) is 4.98 Å². The van der Waals surface area contributed by atoms with Gasteiger partial charge in [0.1, 0.15) is 4.83 Å². The standard InChI is InChI=1S/C21H31N3O2S2/c1-14(2)12-24-20(26)18-15(3)16(4)28-19(18)22-21(24)27-13-17(25)23-10-8-6-5-7-9-11-23/h14H,5-13H2,1-4H3. The van der Waals surface area contributed by atoms with Crippen LogP contribution in [0.25, 0.3) is 10.2 Å². The summed E-state index contributed by atoms with van der Waals surface area (Å²) in [6, 6.07) is 0. The van der Waals surface area contributed by atoms with Gasteiger partial charge in [-0.05, 0) is 38.2 Å². The molecule has 0 saturated carbocycles. The fraction of sp³-hybridized carbons (Fsp3) is 0.667. The predicted molar refractivity (Wildman–Crippen MR) is 119 cm³/mol. The maximum atomic E-state index is 13.2. The number of aryl methyl sites for hydroxylation is 2. The zero-order valence-electron chi connectivity index (χ0n) is 17.4. The van der Waals surface area contributed by atoms with Gasteiger partial charge >= 0.3 is 0 Å². The minimum atomic E-state index is 0.0294. The molecule has 2 aromatic heterocycles. The molecule has 0 spiro atoms. The summed E-state index contributed by atoms with van der Waals surface area (Å²) in [7, 11) is 0. The van der Waals surface area contributed by atoms with Crippen LogP contribution in [-0.4, -0.2) is 39.2 Å². The van der Waals surface area contributed by atoms with Crippen molar-refractivity contribution < 1.29 is 4.79 Å². The molecule has 0 aliphatic carbocycles. The minimum absolute atomic E-state index is 0.0294. The molecule has 3 rings (SSSR count). The third-order valence-corrected chi connectivity index (χ3v) is 7.40. The Morgan fingerprint density at radius 3 is 2.43 bits per heavy atom. The van der Waals surface area contributed by atoms with Gasteiger partial charge in [-0.3, -0.25) is 14.2 Å². The van der Waals surface area contributed by atoms with Crippen molar-refractivity contribution >= 4 is 39.2 Å². The molecular weight excluding hydrogens is 390 g/mol. The summed E-state index contributed by atoms with van der Waals surface area (Å²) in [5, 5.41) is 1.41. The average Bonchev–Trinajstić information content (AvgIpc) is 2.89. The molecule has 154 valence electrons. The second-order valence-corrected chi connectivity index (χ2v) is 10.3. The van der Waals surface area contributed by atoms with Crippen molar-refractivity contribution in [3.63, 3.8) is 0 Å². The Labute approximate surface area is 175 Å². The van der Waals surface area contributed by atoms with Gasteiger partial charge in [0, 0.05) is 24.5 Å². The topological polar surface area (TPSA) is 55.2 Å². The fourth-order valence-corrected chi connectivity index (χ4v) is 5.64. The number of carbonyl (C=O) groups excluding carboxylic acids is 1. The third kappa shape index (κ3) is 4.79. The molecule has 0 N–H and O–H groups in total. The molecule has 2 aromatic rings. The molecule has 5 nitrogen and oxygen atoms in total. The number of rotatable bonds is 5. The Morgan fingerprint density at radius 1 is 1.14 bits per heavy atom.